The minimum Gasteiger partial charge on any atom is -0.497 e. The summed E-state index contributed by atoms with van der Waals surface area (Å²) in [5.41, 5.74) is 2.98. The minimum atomic E-state index is -0.317. The van der Waals surface area contributed by atoms with Gasteiger partial charge in [-0.25, -0.2) is 4.90 Å². The maximum atomic E-state index is 13.4. The predicted octanol–water partition coefficient (Wildman–Crippen LogP) is 4.04. The number of hydrogen-bond donors (Lipinski definition) is 0. The zero-order valence-corrected chi connectivity index (χ0v) is 16.6. The average molecular weight is 397 g/mol. The van der Waals surface area contributed by atoms with E-state index in [-0.39, 0.29) is 11.8 Å². The first-order valence-electron chi connectivity index (χ1n) is 9.30. The zero-order chi connectivity index (χ0) is 19.8. The van der Waals surface area contributed by atoms with E-state index in [1.54, 1.807) is 31.4 Å². The molecular formula is C22H21ClN2O3. The Bertz CT molecular complexity index is 976. The van der Waals surface area contributed by atoms with Crippen molar-refractivity contribution in [1.29, 1.82) is 0 Å². The van der Waals surface area contributed by atoms with Crippen LogP contribution >= 0.6 is 11.6 Å². The molecule has 2 aliphatic heterocycles. The molecule has 0 bridgehead atoms. The summed E-state index contributed by atoms with van der Waals surface area (Å²) in [5, 5.41) is 0.488. The third-order valence-electron chi connectivity index (χ3n) is 5.27. The van der Waals surface area contributed by atoms with Gasteiger partial charge in [0.25, 0.3) is 11.8 Å². The van der Waals surface area contributed by atoms with E-state index in [1.807, 2.05) is 30.0 Å². The third-order valence-corrected chi connectivity index (χ3v) is 5.51. The number of benzene rings is 2. The molecule has 1 fully saturated rings. The lowest BCUT2D eigenvalue weighted by atomic mass is 10.0. The molecule has 6 heteroatoms. The van der Waals surface area contributed by atoms with Gasteiger partial charge >= 0.3 is 0 Å². The monoisotopic (exact) mass is 396 g/mol. The van der Waals surface area contributed by atoms with Crippen LogP contribution in [0.3, 0.4) is 0 Å². The second kappa shape index (κ2) is 7.32. The number of carbonyl (C=O) groups is 2. The first-order valence-corrected chi connectivity index (χ1v) is 9.67. The normalized spacial score (nSPS) is 17.1. The van der Waals surface area contributed by atoms with Crippen LogP contribution in [0, 0.1) is 6.92 Å². The summed E-state index contributed by atoms with van der Waals surface area (Å²) in [6, 6.07) is 12.5. The lowest BCUT2D eigenvalue weighted by Gasteiger charge is -2.21. The summed E-state index contributed by atoms with van der Waals surface area (Å²) in [6.07, 6.45) is 2.02. The van der Waals surface area contributed by atoms with Crippen LogP contribution in [0.4, 0.5) is 5.69 Å². The molecule has 5 nitrogen and oxygen atoms in total. The lowest BCUT2D eigenvalue weighted by Crippen LogP contribution is -2.35. The molecule has 0 saturated carbocycles. The van der Waals surface area contributed by atoms with E-state index in [2.05, 4.69) is 0 Å². The van der Waals surface area contributed by atoms with Crippen LogP contribution < -0.4 is 9.64 Å². The number of nitrogens with zero attached hydrogens (tertiary/aromatic N) is 2. The summed E-state index contributed by atoms with van der Waals surface area (Å²) in [4.78, 5) is 30.1. The number of aryl methyl sites for hydroxylation is 1. The highest BCUT2D eigenvalue weighted by Crippen LogP contribution is 2.38. The molecule has 0 unspecified atom stereocenters. The van der Waals surface area contributed by atoms with E-state index in [4.69, 9.17) is 16.3 Å². The van der Waals surface area contributed by atoms with Gasteiger partial charge in [0.1, 0.15) is 11.4 Å². The van der Waals surface area contributed by atoms with Gasteiger partial charge in [-0.2, -0.15) is 0 Å². The molecule has 0 aromatic heterocycles. The number of amides is 2. The first-order chi connectivity index (χ1) is 13.5. The molecule has 2 amide bonds. The Morgan fingerprint density at radius 2 is 1.64 bits per heavy atom. The molecule has 28 heavy (non-hydrogen) atoms. The molecular weight excluding hydrogens is 376 g/mol. The number of carbonyl (C=O) groups excluding carboxylic acids is 2. The van der Waals surface area contributed by atoms with Crippen molar-refractivity contribution in [3.8, 4) is 5.75 Å². The van der Waals surface area contributed by atoms with Crippen LogP contribution in [0.5, 0.6) is 5.75 Å². The Hall–Kier alpha value is -2.79. The summed E-state index contributed by atoms with van der Waals surface area (Å²) in [5.74, 6) is 0.0944. The molecule has 0 atom stereocenters. The molecule has 2 aliphatic rings. The zero-order valence-electron chi connectivity index (χ0n) is 15.9. The van der Waals surface area contributed by atoms with Crippen molar-refractivity contribution in [2.45, 2.75) is 19.8 Å². The van der Waals surface area contributed by atoms with Gasteiger partial charge in [-0.15, -0.1) is 0 Å². The largest absolute Gasteiger partial charge is 0.497 e. The van der Waals surface area contributed by atoms with Crippen molar-refractivity contribution >= 4 is 34.7 Å². The molecule has 0 spiro atoms. The molecule has 2 aromatic rings. The van der Waals surface area contributed by atoms with Gasteiger partial charge in [-0.3, -0.25) is 9.59 Å². The van der Waals surface area contributed by atoms with Gasteiger partial charge in [0, 0.05) is 18.1 Å². The van der Waals surface area contributed by atoms with Crippen molar-refractivity contribution in [3.63, 3.8) is 0 Å². The smallest absolute Gasteiger partial charge is 0.282 e. The van der Waals surface area contributed by atoms with Crippen molar-refractivity contribution in [2.24, 2.45) is 0 Å². The number of imide groups is 1. The van der Waals surface area contributed by atoms with Crippen molar-refractivity contribution in [1.82, 2.24) is 4.90 Å². The fraction of sp³-hybridized carbons (Fsp3) is 0.273. The van der Waals surface area contributed by atoms with Crippen LogP contribution in [0.15, 0.2) is 48.2 Å². The Morgan fingerprint density at radius 3 is 2.29 bits per heavy atom. The Kier molecular flexibility index (Phi) is 4.85. The number of rotatable bonds is 4. The number of anilines is 1. The standard InChI is InChI=1S/C22H21ClN2O3/c1-14-5-8-16(23)13-18(14)25-21(26)19(15-6-9-17(28-2)10-7-15)20(22(25)27)24-11-3-4-12-24/h5-10,13H,3-4,11-12H2,1-2H3. The SMILES string of the molecule is COc1ccc(C2=C(N3CCCC3)C(=O)N(c3cc(Cl)ccc3C)C2=O)cc1. The lowest BCUT2D eigenvalue weighted by molar-refractivity contribution is -0.120. The topological polar surface area (TPSA) is 49.9 Å². The summed E-state index contributed by atoms with van der Waals surface area (Å²) < 4.78 is 5.22. The Balaban J connectivity index is 1.84. The summed E-state index contributed by atoms with van der Waals surface area (Å²) in [7, 11) is 1.60. The molecule has 0 N–H and O–H groups in total. The van der Waals surface area contributed by atoms with Crippen molar-refractivity contribution in [2.75, 3.05) is 25.1 Å². The third kappa shape index (κ3) is 3.06. The maximum Gasteiger partial charge on any atom is 0.282 e. The van der Waals surface area contributed by atoms with E-state index in [9.17, 15) is 9.59 Å². The molecule has 1 saturated heterocycles. The van der Waals surface area contributed by atoms with Crippen LogP contribution in [0.2, 0.25) is 5.02 Å². The van der Waals surface area contributed by atoms with Gasteiger partial charge < -0.3 is 9.64 Å². The quantitative estimate of drug-likeness (QED) is 0.732. The Morgan fingerprint density at radius 1 is 0.964 bits per heavy atom. The van der Waals surface area contributed by atoms with E-state index < -0.39 is 0 Å². The van der Waals surface area contributed by atoms with Gasteiger partial charge in [0.15, 0.2) is 0 Å². The number of halogens is 1. The Labute approximate surface area is 169 Å². The summed E-state index contributed by atoms with van der Waals surface area (Å²) in [6.45, 7) is 3.42. The van der Waals surface area contributed by atoms with E-state index in [0.29, 0.717) is 33.3 Å². The van der Waals surface area contributed by atoms with Gasteiger partial charge in [-0.1, -0.05) is 29.8 Å². The highest BCUT2D eigenvalue weighted by atomic mass is 35.5. The van der Waals surface area contributed by atoms with E-state index in [0.717, 1.165) is 31.5 Å². The van der Waals surface area contributed by atoms with Crippen LogP contribution in [-0.2, 0) is 9.59 Å². The van der Waals surface area contributed by atoms with Crippen LogP contribution in [-0.4, -0.2) is 36.9 Å². The predicted molar refractivity (Wildman–Crippen MR) is 109 cm³/mol. The molecule has 2 aromatic carbocycles. The van der Waals surface area contributed by atoms with Gasteiger partial charge in [0.2, 0.25) is 0 Å². The maximum absolute atomic E-state index is 13.4. The van der Waals surface area contributed by atoms with Crippen molar-refractivity contribution < 1.29 is 14.3 Å². The second-order valence-electron chi connectivity index (χ2n) is 7.02. The highest BCUT2D eigenvalue weighted by molar-refractivity contribution is 6.45. The number of methoxy groups -OCH3 is 1. The minimum absolute atomic E-state index is 0.289. The second-order valence-corrected chi connectivity index (χ2v) is 7.46. The van der Waals surface area contributed by atoms with Gasteiger partial charge in [-0.05, 0) is 55.2 Å². The fourth-order valence-corrected chi connectivity index (χ4v) is 3.98. The molecule has 144 valence electrons. The van der Waals surface area contributed by atoms with Gasteiger partial charge in [0.05, 0.1) is 18.4 Å². The number of ether oxygens (including phenoxy) is 1. The highest BCUT2D eigenvalue weighted by Gasteiger charge is 2.43. The van der Waals surface area contributed by atoms with E-state index >= 15 is 0 Å². The molecule has 2 heterocycles. The first kappa shape index (κ1) is 18.6. The number of hydrogen-bond acceptors (Lipinski definition) is 4. The average Bonchev–Trinajstić information content (AvgIpc) is 3.30. The van der Waals surface area contributed by atoms with Crippen LogP contribution in [0.1, 0.15) is 24.0 Å². The summed E-state index contributed by atoms with van der Waals surface area (Å²) >= 11 is 6.15. The molecule has 0 radical (unpaired) electrons. The van der Waals surface area contributed by atoms with Crippen molar-refractivity contribution in [3.05, 3.63) is 64.3 Å². The van der Waals surface area contributed by atoms with E-state index in [1.165, 1.54) is 4.90 Å². The fourth-order valence-electron chi connectivity index (χ4n) is 3.81. The van der Waals surface area contributed by atoms with Crippen LogP contribution in [0.25, 0.3) is 5.57 Å². The molecule has 4 rings (SSSR count). The number of likely N-dealkylation sites (tertiary alicyclic amines) is 1. The molecule has 0 aliphatic carbocycles.